The molecule has 0 aliphatic heterocycles. The maximum atomic E-state index is 13.5. The normalized spacial score (nSPS) is 19.0. The molecule has 1 fully saturated rings. The van der Waals surface area contributed by atoms with Crippen molar-refractivity contribution in [1.82, 2.24) is 5.32 Å². The summed E-state index contributed by atoms with van der Waals surface area (Å²) in [7, 11) is -0.771. The van der Waals surface area contributed by atoms with E-state index in [0.29, 0.717) is 9.86 Å². The molecule has 25 heavy (non-hydrogen) atoms. The Morgan fingerprint density at radius 3 is 2.52 bits per heavy atom. The Bertz CT molecular complexity index is 987. The van der Waals surface area contributed by atoms with Gasteiger partial charge in [0, 0.05) is 36.4 Å². The van der Waals surface area contributed by atoms with E-state index >= 15 is 0 Å². The third-order valence-corrected chi connectivity index (χ3v) is 6.04. The predicted octanol–water partition coefficient (Wildman–Crippen LogP) is 3.07. The average molecular weight is 437 g/mol. The number of nitrogens with one attached hydrogen (secondary N) is 1. The molecule has 1 aliphatic rings. The van der Waals surface area contributed by atoms with Gasteiger partial charge in [0.1, 0.15) is 11.3 Å². The Morgan fingerprint density at radius 1 is 1.44 bits per heavy atom. The Balaban J connectivity index is 2.24. The van der Waals surface area contributed by atoms with Crippen LogP contribution in [0.2, 0.25) is 0 Å². The van der Waals surface area contributed by atoms with Crippen LogP contribution in [-0.2, 0) is 10.0 Å². The third-order valence-electron chi connectivity index (χ3n) is 4.22. The standard InChI is InChI=1S/C15H15BrF2N2O4S/c1-19-14(21)12-7-4-9(16)10(20(2)25(3,22)23)5-11(7)24-13(12)8-6-15(8,17)18/h4-5,8H,6H2,1-3H3,(H,19,21). The molecule has 1 heterocycles. The van der Waals surface area contributed by atoms with E-state index in [1.54, 1.807) is 0 Å². The van der Waals surface area contributed by atoms with Crippen molar-refractivity contribution in [1.29, 1.82) is 0 Å². The van der Waals surface area contributed by atoms with E-state index in [0.717, 1.165) is 10.6 Å². The summed E-state index contributed by atoms with van der Waals surface area (Å²) in [6.45, 7) is 0. The molecule has 1 aliphatic carbocycles. The lowest BCUT2D eigenvalue weighted by atomic mass is 10.1. The second kappa shape index (κ2) is 5.66. The highest BCUT2D eigenvalue weighted by atomic mass is 79.9. The molecule has 1 aromatic heterocycles. The van der Waals surface area contributed by atoms with Crippen LogP contribution >= 0.6 is 15.9 Å². The van der Waals surface area contributed by atoms with Gasteiger partial charge in [-0.05, 0) is 22.0 Å². The van der Waals surface area contributed by atoms with Gasteiger partial charge in [-0.25, -0.2) is 17.2 Å². The van der Waals surface area contributed by atoms with Crippen LogP contribution in [0.5, 0.6) is 0 Å². The predicted molar refractivity (Wildman–Crippen MR) is 92.9 cm³/mol. The summed E-state index contributed by atoms with van der Waals surface area (Å²) in [6, 6.07) is 2.92. The number of anilines is 1. The fraction of sp³-hybridized carbons (Fsp3) is 0.400. The number of benzene rings is 1. The topological polar surface area (TPSA) is 79.6 Å². The molecule has 2 aromatic rings. The van der Waals surface area contributed by atoms with Crippen LogP contribution in [0.15, 0.2) is 21.0 Å². The molecule has 3 rings (SSSR count). The molecule has 1 atom stereocenters. The highest BCUT2D eigenvalue weighted by molar-refractivity contribution is 9.10. The van der Waals surface area contributed by atoms with Crippen molar-refractivity contribution >= 4 is 48.5 Å². The first kappa shape index (κ1) is 18.1. The van der Waals surface area contributed by atoms with Crippen molar-refractivity contribution in [2.24, 2.45) is 0 Å². The molecule has 0 spiro atoms. The molecule has 0 saturated heterocycles. The van der Waals surface area contributed by atoms with Gasteiger partial charge in [0.25, 0.3) is 11.8 Å². The lowest BCUT2D eigenvalue weighted by molar-refractivity contribution is 0.0957. The summed E-state index contributed by atoms with van der Waals surface area (Å²) < 4.78 is 57.5. The Labute approximate surface area is 151 Å². The maximum Gasteiger partial charge on any atom is 0.259 e. The monoisotopic (exact) mass is 436 g/mol. The van der Waals surface area contributed by atoms with E-state index in [4.69, 9.17) is 4.42 Å². The van der Waals surface area contributed by atoms with E-state index in [2.05, 4.69) is 21.2 Å². The molecule has 1 saturated carbocycles. The smallest absolute Gasteiger partial charge is 0.259 e. The summed E-state index contributed by atoms with van der Waals surface area (Å²) >= 11 is 3.27. The number of hydrogen-bond donors (Lipinski definition) is 1. The molecule has 136 valence electrons. The number of nitrogens with zero attached hydrogens (tertiary/aromatic N) is 1. The fourth-order valence-corrected chi connectivity index (χ4v) is 3.88. The molecule has 1 aromatic carbocycles. The first-order valence-corrected chi connectivity index (χ1v) is 9.91. The van der Waals surface area contributed by atoms with Crippen LogP contribution in [0.1, 0.15) is 28.5 Å². The third kappa shape index (κ3) is 3.01. The molecule has 1 unspecified atom stereocenters. The maximum absolute atomic E-state index is 13.5. The van der Waals surface area contributed by atoms with Crippen LogP contribution in [0.4, 0.5) is 14.5 Å². The van der Waals surface area contributed by atoms with Gasteiger partial charge < -0.3 is 9.73 Å². The Morgan fingerprint density at radius 2 is 2.04 bits per heavy atom. The van der Waals surface area contributed by atoms with Crippen LogP contribution in [-0.4, -0.2) is 40.6 Å². The van der Waals surface area contributed by atoms with Crippen molar-refractivity contribution in [2.75, 3.05) is 24.7 Å². The lowest BCUT2D eigenvalue weighted by Gasteiger charge is -2.18. The van der Waals surface area contributed by atoms with Crippen LogP contribution in [0, 0.1) is 0 Å². The summed E-state index contributed by atoms with van der Waals surface area (Å²) in [5, 5.41) is 2.77. The van der Waals surface area contributed by atoms with E-state index in [1.165, 1.54) is 26.2 Å². The number of carbonyl (C=O) groups excluding carboxylic acids is 1. The zero-order valence-electron chi connectivity index (χ0n) is 13.6. The minimum absolute atomic E-state index is 0.0499. The average Bonchev–Trinajstić information content (AvgIpc) is 2.99. The van der Waals surface area contributed by atoms with Gasteiger partial charge >= 0.3 is 0 Å². The number of furan rings is 1. The summed E-state index contributed by atoms with van der Waals surface area (Å²) in [6.07, 6.45) is 0.659. The highest BCUT2D eigenvalue weighted by Crippen LogP contribution is 2.57. The molecule has 6 nitrogen and oxygen atoms in total. The molecule has 10 heteroatoms. The number of hydrogen-bond acceptors (Lipinski definition) is 4. The molecule has 0 bridgehead atoms. The van der Waals surface area contributed by atoms with Gasteiger partial charge in [-0.3, -0.25) is 9.10 Å². The number of halogens is 3. The van der Waals surface area contributed by atoms with E-state index in [1.807, 2.05) is 0 Å². The fourth-order valence-electron chi connectivity index (χ4n) is 2.65. The van der Waals surface area contributed by atoms with Crippen molar-refractivity contribution in [3.63, 3.8) is 0 Å². The molecule has 0 radical (unpaired) electrons. The minimum Gasteiger partial charge on any atom is -0.460 e. The van der Waals surface area contributed by atoms with Crippen molar-refractivity contribution in [2.45, 2.75) is 18.3 Å². The van der Waals surface area contributed by atoms with Gasteiger partial charge in [0.15, 0.2) is 0 Å². The van der Waals surface area contributed by atoms with Gasteiger partial charge in [-0.15, -0.1) is 0 Å². The van der Waals surface area contributed by atoms with Crippen molar-refractivity contribution in [3.8, 4) is 0 Å². The number of carbonyl (C=O) groups is 1. The van der Waals surface area contributed by atoms with E-state index in [-0.39, 0.29) is 29.0 Å². The van der Waals surface area contributed by atoms with Crippen molar-refractivity contribution in [3.05, 3.63) is 27.9 Å². The summed E-state index contributed by atoms with van der Waals surface area (Å²) in [4.78, 5) is 12.2. The number of amides is 1. The zero-order valence-corrected chi connectivity index (χ0v) is 16.0. The molecule has 1 N–H and O–H groups in total. The first-order valence-electron chi connectivity index (χ1n) is 7.27. The Hall–Kier alpha value is -1.68. The number of alkyl halides is 2. The van der Waals surface area contributed by atoms with Crippen molar-refractivity contribution < 1.29 is 26.4 Å². The van der Waals surface area contributed by atoms with Crippen LogP contribution < -0.4 is 9.62 Å². The van der Waals surface area contributed by atoms with Gasteiger partial charge in [-0.1, -0.05) is 0 Å². The van der Waals surface area contributed by atoms with Crippen LogP contribution in [0.3, 0.4) is 0 Å². The molecule has 1 amide bonds. The molecular weight excluding hydrogens is 422 g/mol. The number of sulfonamides is 1. The first-order chi connectivity index (χ1) is 11.5. The second-order valence-electron chi connectivity index (χ2n) is 5.97. The minimum atomic E-state index is -3.53. The van der Waals surface area contributed by atoms with E-state index < -0.39 is 27.8 Å². The second-order valence-corrected chi connectivity index (χ2v) is 8.84. The summed E-state index contributed by atoms with van der Waals surface area (Å²) in [5.74, 6) is -4.67. The van der Waals surface area contributed by atoms with Gasteiger partial charge in [-0.2, -0.15) is 0 Å². The van der Waals surface area contributed by atoms with Crippen LogP contribution in [0.25, 0.3) is 11.0 Å². The lowest BCUT2D eigenvalue weighted by Crippen LogP contribution is -2.25. The quantitative estimate of drug-likeness (QED) is 0.798. The SMILES string of the molecule is CNC(=O)c1c(C2CC2(F)F)oc2cc(N(C)S(C)(=O)=O)c(Br)cc12. The summed E-state index contributed by atoms with van der Waals surface area (Å²) in [5.41, 5.74) is 0.500. The largest absolute Gasteiger partial charge is 0.460 e. The number of rotatable bonds is 4. The van der Waals surface area contributed by atoms with Gasteiger partial charge in [0.2, 0.25) is 10.0 Å². The van der Waals surface area contributed by atoms with E-state index in [9.17, 15) is 22.0 Å². The Kier molecular flexibility index (Phi) is 4.11. The zero-order chi connectivity index (χ0) is 18.7. The molecular formula is C15H15BrF2N2O4S. The highest BCUT2D eigenvalue weighted by Gasteiger charge is 2.60. The number of fused-ring (bicyclic) bond motifs is 1. The van der Waals surface area contributed by atoms with Gasteiger partial charge in [0.05, 0.1) is 23.4 Å².